The van der Waals surface area contributed by atoms with Gasteiger partial charge in [0.05, 0.1) is 0 Å². The number of carbonyl (C=O) groups is 1. The molecule has 0 aliphatic rings. The molecule has 1 N–H and O–H groups in total. The minimum Gasteiger partial charge on any atom is -0.469 e. The molecule has 7 heteroatoms. The largest absolute Gasteiger partial charge is 0.469 e. The van der Waals surface area contributed by atoms with Crippen molar-refractivity contribution in [2.24, 2.45) is 5.41 Å². The van der Waals surface area contributed by atoms with E-state index in [4.69, 9.17) is 56.3 Å². The molecule has 22 heavy (non-hydrogen) atoms. The first-order valence-electron chi connectivity index (χ1n) is 6.58. The SMILES string of the molecule is CCC(C)(C)C(Cl)CC(Cl)(Cl)c1ccc(Cl)cc1.O=C(O)Cl. The number of hydrogen-bond acceptors (Lipinski definition) is 1. The van der Waals surface area contributed by atoms with Crippen LogP contribution in [0.3, 0.4) is 0 Å². The smallest absolute Gasteiger partial charge is 0.401 e. The molecule has 1 aromatic carbocycles. The molecule has 0 fully saturated rings. The molecule has 0 heterocycles. The zero-order valence-electron chi connectivity index (χ0n) is 12.5. The van der Waals surface area contributed by atoms with E-state index in [1.54, 1.807) is 12.1 Å². The third-order valence-electron chi connectivity index (χ3n) is 3.46. The molecule has 0 saturated carbocycles. The highest BCUT2D eigenvalue weighted by molar-refractivity contribution is 6.60. The van der Waals surface area contributed by atoms with E-state index in [0.717, 1.165) is 12.0 Å². The van der Waals surface area contributed by atoms with Crippen molar-refractivity contribution in [2.45, 2.75) is 43.3 Å². The number of rotatable bonds is 5. The van der Waals surface area contributed by atoms with Crippen molar-refractivity contribution in [3.8, 4) is 0 Å². The van der Waals surface area contributed by atoms with Crippen LogP contribution in [0.25, 0.3) is 0 Å². The molecule has 0 aromatic heterocycles. The standard InChI is InChI=1S/C14H18Cl4.CHClO2/c1-4-13(2,3)12(16)9-14(17,18)10-5-7-11(15)8-6-10;2-1(3)4/h5-8,12H,4,9H2,1-3H3;(H,3,4). The fourth-order valence-electron chi connectivity index (χ4n) is 1.53. The van der Waals surface area contributed by atoms with Crippen molar-refractivity contribution in [2.75, 3.05) is 0 Å². The number of carboxylic acid groups (broad SMARTS) is 1. The molecule has 0 aliphatic heterocycles. The molecule has 0 aliphatic carbocycles. The maximum absolute atomic E-state index is 8.77. The van der Waals surface area contributed by atoms with E-state index in [1.165, 1.54) is 0 Å². The Hall–Kier alpha value is 0.140. The normalized spacial score (nSPS) is 13.1. The van der Waals surface area contributed by atoms with Gasteiger partial charge in [-0.25, -0.2) is 4.79 Å². The molecule has 0 radical (unpaired) electrons. The van der Waals surface area contributed by atoms with E-state index in [0.29, 0.717) is 11.4 Å². The predicted molar refractivity (Wildman–Crippen MR) is 97.0 cm³/mol. The van der Waals surface area contributed by atoms with Crippen molar-refractivity contribution in [1.29, 1.82) is 0 Å². The van der Waals surface area contributed by atoms with Crippen LogP contribution in [0.5, 0.6) is 0 Å². The van der Waals surface area contributed by atoms with Gasteiger partial charge in [0.2, 0.25) is 0 Å². The summed E-state index contributed by atoms with van der Waals surface area (Å²) in [7, 11) is 0. The number of alkyl halides is 3. The first kappa shape index (κ1) is 22.1. The van der Waals surface area contributed by atoms with E-state index >= 15 is 0 Å². The van der Waals surface area contributed by atoms with Crippen molar-refractivity contribution >= 4 is 63.4 Å². The van der Waals surface area contributed by atoms with Gasteiger partial charge in [0, 0.05) is 28.4 Å². The van der Waals surface area contributed by atoms with Crippen molar-refractivity contribution < 1.29 is 9.90 Å². The second-order valence-electron chi connectivity index (χ2n) is 5.48. The lowest BCUT2D eigenvalue weighted by Gasteiger charge is -2.33. The van der Waals surface area contributed by atoms with E-state index in [1.807, 2.05) is 12.1 Å². The molecule has 0 spiro atoms. The molecule has 1 rings (SSSR count). The molecular formula is C15H19Cl5O2. The lowest BCUT2D eigenvalue weighted by Crippen LogP contribution is -2.29. The summed E-state index contributed by atoms with van der Waals surface area (Å²) < 4.78 is -0.983. The second-order valence-corrected chi connectivity index (χ2v) is 8.25. The molecule has 126 valence electrons. The van der Waals surface area contributed by atoms with Crippen molar-refractivity contribution in [1.82, 2.24) is 0 Å². The zero-order valence-corrected chi connectivity index (χ0v) is 16.3. The minimum atomic E-state index is -1.36. The van der Waals surface area contributed by atoms with Gasteiger partial charge in [-0.05, 0) is 29.5 Å². The number of benzene rings is 1. The van der Waals surface area contributed by atoms with Crippen LogP contribution in [-0.4, -0.2) is 15.9 Å². The molecule has 0 saturated heterocycles. The zero-order chi connectivity index (χ0) is 17.6. The molecule has 0 bridgehead atoms. The van der Waals surface area contributed by atoms with Crippen LogP contribution >= 0.6 is 58.0 Å². The van der Waals surface area contributed by atoms with Gasteiger partial charge in [0.1, 0.15) is 4.33 Å². The van der Waals surface area contributed by atoms with Gasteiger partial charge in [-0.3, -0.25) is 0 Å². The highest BCUT2D eigenvalue weighted by Gasteiger charge is 2.35. The number of halogens is 5. The maximum Gasteiger partial charge on any atom is 0.401 e. The van der Waals surface area contributed by atoms with Crippen molar-refractivity contribution in [3.05, 3.63) is 34.9 Å². The Morgan fingerprint density at radius 3 is 2.00 bits per heavy atom. The quantitative estimate of drug-likeness (QED) is 0.410. The lowest BCUT2D eigenvalue weighted by molar-refractivity contribution is 0.220. The summed E-state index contributed by atoms with van der Waals surface area (Å²) >= 11 is 29.3. The Labute approximate surface area is 156 Å². The fourth-order valence-corrected chi connectivity index (χ4v) is 2.76. The molecule has 0 amide bonds. The van der Waals surface area contributed by atoms with Crippen LogP contribution in [0, 0.1) is 5.41 Å². The molecular weight excluding hydrogens is 389 g/mol. The monoisotopic (exact) mass is 406 g/mol. The van der Waals surface area contributed by atoms with Crippen LogP contribution in [0.2, 0.25) is 5.02 Å². The lowest BCUT2D eigenvalue weighted by atomic mass is 9.83. The second kappa shape index (κ2) is 9.44. The Kier molecular flexibility index (Phi) is 9.50. The van der Waals surface area contributed by atoms with Gasteiger partial charge in [0.25, 0.3) is 0 Å². The third-order valence-corrected chi connectivity index (χ3v) is 5.20. The van der Waals surface area contributed by atoms with Gasteiger partial charge >= 0.3 is 5.43 Å². The average molecular weight is 409 g/mol. The maximum atomic E-state index is 8.77. The van der Waals surface area contributed by atoms with Crippen LogP contribution in [0.4, 0.5) is 4.79 Å². The topological polar surface area (TPSA) is 37.3 Å². The van der Waals surface area contributed by atoms with Crippen LogP contribution < -0.4 is 0 Å². The van der Waals surface area contributed by atoms with Crippen LogP contribution in [-0.2, 0) is 4.33 Å². The highest BCUT2D eigenvalue weighted by atomic mass is 35.5. The van der Waals surface area contributed by atoms with Gasteiger partial charge < -0.3 is 5.11 Å². The van der Waals surface area contributed by atoms with Crippen LogP contribution in [0.1, 0.15) is 39.2 Å². The third kappa shape index (κ3) is 8.12. The van der Waals surface area contributed by atoms with Crippen LogP contribution in [0.15, 0.2) is 24.3 Å². The summed E-state index contributed by atoms with van der Waals surface area (Å²) in [5.74, 6) is 0. The number of hydrogen-bond donors (Lipinski definition) is 1. The summed E-state index contributed by atoms with van der Waals surface area (Å²) in [6.07, 6.45) is 1.48. The highest BCUT2D eigenvalue weighted by Crippen LogP contribution is 2.44. The van der Waals surface area contributed by atoms with Gasteiger partial charge in [-0.1, -0.05) is 67.7 Å². The van der Waals surface area contributed by atoms with E-state index < -0.39 is 9.76 Å². The van der Waals surface area contributed by atoms with E-state index in [-0.39, 0.29) is 10.8 Å². The first-order chi connectivity index (χ1) is 9.92. The predicted octanol–water partition coefficient (Wildman–Crippen LogP) is 7.31. The Bertz CT molecular complexity index is 467. The van der Waals surface area contributed by atoms with E-state index in [2.05, 4.69) is 32.4 Å². The average Bonchev–Trinajstić information content (AvgIpc) is 2.38. The molecule has 1 unspecified atom stereocenters. The summed E-state index contributed by atoms with van der Waals surface area (Å²) in [5, 5.41) is 7.76. The molecule has 1 aromatic rings. The van der Waals surface area contributed by atoms with Crippen molar-refractivity contribution in [3.63, 3.8) is 0 Å². The minimum absolute atomic E-state index is 0.00299. The van der Waals surface area contributed by atoms with E-state index in [9.17, 15) is 0 Å². The fraction of sp³-hybridized carbons (Fsp3) is 0.533. The first-order valence-corrected chi connectivity index (χ1v) is 8.53. The molecule has 1 atom stereocenters. The van der Waals surface area contributed by atoms with Gasteiger partial charge in [0.15, 0.2) is 0 Å². The Balaban J connectivity index is 0.000000980. The summed E-state index contributed by atoms with van der Waals surface area (Å²) in [6, 6.07) is 7.24. The summed E-state index contributed by atoms with van der Waals surface area (Å²) in [6.45, 7) is 6.36. The summed E-state index contributed by atoms with van der Waals surface area (Å²) in [4.78, 5) is 8.77. The Morgan fingerprint density at radius 1 is 1.23 bits per heavy atom. The summed E-state index contributed by atoms with van der Waals surface area (Å²) in [5.41, 5.74) is -0.531. The molecule has 2 nitrogen and oxygen atoms in total. The van der Waals surface area contributed by atoms with Gasteiger partial charge in [-0.15, -0.1) is 11.6 Å². The Morgan fingerprint density at radius 2 is 1.64 bits per heavy atom. The van der Waals surface area contributed by atoms with Gasteiger partial charge in [-0.2, -0.15) is 0 Å².